The molecule has 3 aliphatic rings. The van der Waals surface area contributed by atoms with Crippen molar-refractivity contribution in [2.75, 3.05) is 33.0 Å². The first kappa shape index (κ1) is 29.4. The van der Waals surface area contributed by atoms with Crippen LogP contribution in [0, 0.1) is 30.0 Å². The van der Waals surface area contributed by atoms with Gasteiger partial charge in [0, 0.05) is 37.6 Å². The second kappa shape index (κ2) is 12.0. The van der Waals surface area contributed by atoms with Gasteiger partial charge in [0.2, 0.25) is 11.8 Å². The number of aryl methyl sites for hydroxylation is 2. The van der Waals surface area contributed by atoms with E-state index in [1.54, 1.807) is 23.9 Å². The summed E-state index contributed by atoms with van der Waals surface area (Å²) in [6.45, 7) is 4.97. The second-order valence-corrected chi connectivity index (χ2v) is 12.4. The zero-order valence-corrected chi connectivity index (χ0v) is 25.9. The van der Waals surface area contributed by atoms with E-state index in [1.165, 1.54) is 12.1 Å². The van der Waals surface area contributed by atoms with Crippen molar-refractivity contribution in [3.05, 3.63) is 82.4 Å². The summed E-state index contributed by atoms with van der Waals surface area (Å²) in [6, 6.07) is 12.1. The molecule has 2 fully saturated rings. The highest BCUT2D eigenvalue weighted by Crippen LogP contribution is 2.46. The average molecular weight is 634 g/mol. The summed E-state index contributed by atoms with van der Waals surface area (Å²) >= 11 is 0. The monoisotopic (exact) mass is 633 g/mol. The zero-order chi connectivity index (χ0) is 32.1. The molecule has 1 atom stereocenters. The number of pyridine rings is 1. The van der Waals surface area contributed by atoms with E-state index < -0.39 is 5.82 Å². The minimum Gasteiger partial charge on any atom is -0.421 e. The molecular weight excluding hydrogens is 601 g/mol. The van der Waals surface area contributed by atoms with Gasteiger partial charge in [0.25, 0.3) is 5.91 Å². The average Bonchev–Trinajstić information content (AvgIpc) is 3.79. The van der Waals surface area contributed by atoms with Crippen molar-refractivity contribution >= 4 is 16.8 Å². The van der Waals surface area contributed by atoms with Gasteiger partial charge in [-0.3, -0.25) is 14.5 Å². The number of nitrogens with zero attached hydrogens (tertiary/aromatic N) is 7. The molecule has 5 aromatic rings. The van der Waals surface area contributed by atoms with Gasteiger partial charge in [-0.2, -0.15) is 10.4 Å². The number of hydrogen-bond donors (Lipinski definition) is 0. The first-order valence-electron chi connectivity index (χ1n) is 16.0. The smallest absolute Gasteiger partial charge is 0.257 e. The molecule has 1 amide bonds. The molecule has 0 saturated carbocycles. The molecule has 3 aliphatic heterocycles. The number of hydrogen-bond acceptors (Lipinski definition) is 9. The van der Waals surface area contributed by atoms with Crippen molar-refractivity contribution in [1.29, 1.82) is 5.26 Å². The van der Waals surface area contributed by atoms with Gasteiger partial charge in [-0.05, 0) is 67.0 Å². The maximum atomic E-state index is 14.3. The Kier molecular flexibility index (Phi) is 7.50. The Hall–Kier alpha value is -4.99. The molecule has 6 heterocycles. The Morgan fingerprint density at radius 1 is 1.04 bits per heavy atom. The Balaban J connectivity index is 1.27. The van der Waals surface area contributed by atoms with Crippen molar-refractivity contribution in [2.45, 2.75) is 45.2 Å². The molecule has 2 saturated heterocycles. The van der Waals surface area contributed by atoms with E-state index in [2.05, 4.69) is 15.3 Å². The van der Waals surface area contributed by atoms with Gasteiger partial charge in [0.1, 0.15) is 11.9 Å². The summed E-state index contributed by atoms with van der Waals surface area (Å²) in [6.07, 6.45) is 5.39. The van der Waals surface area contributed by atoms with Crippen molar-refractivity contribution in [3.63, 3.8) is 0 Å². The van der Waals surface area contributed by atoms with Gasteiger partial charge in [0.15, 0.2) is 0 Å². The fourth-order valence-corrected chi connectivity index (χ4v) is 7.09. The van der Waals surface area contributed by atoms with Gasteiger partial charge >= 0.3 is 0 Å². The van der Waals surface area contributed by atoms with E-state index in [-0.39, 0.29) is 17.5 Å². The highest BCUT2D eigenvalue weighted by atomic mass is 19.1. The molecule has 0 aliphatic carbocycles. The van der Waals surface area contributed by atoms with Crippen LogP contribution in [-0.4, -0.2) is 68.7 Å². The summed E-state index contributed by atoms with van der Waals surface area (Å²) in [5, 5.41) is 23.1. The van der Waals surface area contributed by atoms with Gasteiger partial charge in [-0.25, -0.2) is 4.39 Å². The molecule has 0 radical (unpaired) electrons. The number of benzene rings is 2. The van der Waals surface area contributed by atoms with E-state index in [0.717, 1.165) is 65.9 Å². The maximum absolute atomic E-state index is 14.3. The molecule has 1 unspecified atom stereocenters. The fraction of sp³-hybridized carbons (Fsp3) is 0.371. The summed E-state index contributed by atoms with van der Waals surface area (Å²) in [4.78, 5) is 21.2. The number of fused-ring (bicyclic) bond motifs is 4. The van der Waals surface area contributed by atoms with Gasteiger partial charge in [-0.15, -0.1) is 10.2 Å². The van der Waals surface area contributed by atoms with Crippen LogP contribution in [0.15, 0.2) is 47.0 Å². The number of halogens is 1. The van der Waals surface area contributed by atoms with E-state index in [9.17, 15) is 9.18 Å². The number of aromatic nitrogens is 5. The Bertz CT molecular complexity index is 2060. The van der Waals surface area contributed by atoms with Crippen LogP contribution in [0.1, 0.15) is 64.1 Å². The molecule has 3 aromatic heterocycles. The van der Waals surface area contributed by atoms with Crippen LogP contribution in [0.4, 0.5) is 4.39 Å². The van der Waals surface area contributed by atoms with E-state index in [0.29, 0.717) is 67.1 Å². The predicted octanol–water partition coefficient (Wildman–Crippen LogP) is 5.40. The van der Waals surface area contributed by atoms with Crippen molar-refractivity contribution < 1.29 is 23.1 Å². The van der Waals surface area contributed by atoms with Crippen LogP contribution in [0.3, 0.4) is 0 Å². The standard InChI is InChI=1S/C35H32FN7O4/c1-20-40-41-34(47-20)31-27(6-3-21-8-11-45-12-9-21)39-33-29-19-46-13-10-42(29)35(44)32(33)30(31)23-5-7-28-25(15-23)17-38-43(28)18-22-2-4-24(16-37)26(36)14-22/h2,4-5,7,14-15,17,21,29H,3,6,8-13,18-19H2,1H3. The summed E-state index contributed by atoms with van der Waals surface area (Å²) in [5.41, 5.74) is 5.86. The van der Waals surface area contributed by atoms with Gasteiger partial charge in [0.05, 0.1) is 65.6 Å². The third kappa shape index (κ3) is 5.25. The van der Waals surface area contributed by atoms with Crippen molar-refractivity contribution in [1.82, 2.24) is 29.9 Å². The Labute approximate surface area is 269 Å². The van der Waals surface area contributed by atoms with Crippen molar-refractivity contribution in [2.24, 2.45) is 5.92 Å². The Morgan fingerprint density at radius 2 is 1.91 bits per heavy atom. The minimum absolute atomic E-state index is 0.00486. The molecule has 12 heteroatoms. The van der Waals surface area contributed by atoms with Crippen LogP contribution in [0.25, 0.3) is 33.5 Å². The van der Waals surface area contributed by atoms with Gasteiger partial charge in [-0.1, -0.05) is 12.1 Å². The number of carbonyl (C=O) groups excluding carboxylic acids is 1. The molecule has 0 spiro atoms. The highest BCUT2D eigenvalue weighted by molar-refractivity contribution is 6.08. The highest BCUT2D eigenvalue weighted by Gasteiger charge is 2.44. The molecule has 0 bridgehead atoms. The van der Waals surface area contributed by atoms with Crippen molar-refractivity contribution in [3.8, 4) is 28.7 Å². The van der Waals surface area contributed by atoms with E-state index in [1.807, 2.05) is 29.2 Å². The SMILES string of the molecule is Cc1nnc(-c2c(CCC3CCOCC3)nc3c(c2-c2ccc4c(cnn4Cc4ccc(C#N)c(F)c4)c2)C(=O)N2CCOCC32)o1. The quantitative estimate of drug-likeness (QED) is 0.231. The normalized spacial score (nSPS) is 18.0. The third-order valence-corrected chi connectivity index (χ3v) is 9.51. The first-order chi connectivity index (χ1) is 23.0. The molecule has 238 valence electrons. The summed E-state index contributed by atoms with van der Waals surface area (Å²) in [5.74, 6) is 0.640. The van der Waals surface area contributed by atoms with Crippen LogP contribution in [0.2, 0.25) is 0 Å². The first-order valence-corrected chi connectivity index (χ1v) is 16.0. The molecule has 11 nitrogen and oxygen atoms in total. The molecule has 47 heavy (non-hydrogen) atoms. The molecule has 8 rings (SSSR count). The topological polar surface area (TPSA) is 132 Å². The van der Waals surface area contributed by atoms with Gasteiger partial charge < -0.3 is 18.8 Å². The van der Waals surface area contributed by atoms with Crippen LogP contribution < -0.4 is 0 Å². The lowest BCUT2D eigenvalue weighted by Crippen LogP contribution is -2.38. The third-order valence-electron chi connectivity index (χ3n) is 9.51. The number of amides is 1. The number of morpholine rings is 1. The second-order valence-electron chi connectivity index (χ2n) is 12.4. The minimum atomic E-state index is -0.557. The summed E-state index contributed by atoms with van der Waals surface area (Å²) < 4.78 is 33.6. The maximum Gasteiger partial charge on any atom is 0.257 e. The lowest BCUT2D eigenvalue weighted by molar-refractivity contribution is 0.00352. The Morgan fingerprint density at radius 3 is 2.70 bits per heavy atom. The van der Waals surface area contributed by atoms with E-state index in [4.69, 9.17) is 24.1 Å². The van der Waals surface area contributed by atoms with Crippen LogP contribution in [-0.2, 0) is 22.4 Å². The fourth-order valence-electron chi connectivity index (χ4n) is 7.09. The molecular formula is C35H32FN7O4. The lowest BCUT2D eigenvalue weighted by Gasteiger charge is -2.29. The predicted molar refractivity (Wildman–Crippen MR) is 168 cm³/mol. The number of rotatable bonds is 7. The number of ether oxygens (including phenoxy) is 2. The number of nitriles is 1. The zero-order valence-electron chi connectivity index (χ0n) is 25.9. The summed E-state index contributed by atoms with van der Waals surface area (Å²) in [7, 11) is 0. The van der Waals surface area contributed by atoms with Crippen LogP contribution >= 0.6 is 0 Å². The molecule has 0 N–H and O–H groups in total. The number of carbonyl (C=O) groups is 1. The van der Waals surface area contributed by atoms with E-state index >= 15 is 0 Å². The van der Waals surface area contributed by atoms with Crippen LogP contribution in [0.5, 0.6) is 0 Å². The largest absolute Gasteiger partial charge is 0.421 e. The lowest BCUT2D eigenvalue weighted by atomic mass is 9.88. The molecule has 2 aromatic carbocycles.